The molecule has 114 valence electrons. The molecule has 5 nitrogen and oxygen atoms in total. The third kappa shape index (κ3) is 3.47. The van der Waals surface area contributed by atoms with Crippen LogP contribution in [0.4, 0.5) is 0 Å². The second kappa shape index (κ2) is 6.19. The highest BCUT2D eigenvalue weighted by Crippen LogP contribution is 2.32. The van der Waals surface area contributed by atoms with Crippen molar-refractivity contribution in [3.63, 3.8) is 0 Å². The third-order valence-electron chi connectivity index (χ3n) is 2.90. The van der Waals surface area contributed by atoms with Crippen molar-refractivity contribution in [2.75, 3.05) is 6.61 Å². The van der Waals surface area contributed by atoms with E-state index in [1.54, 1.807) is 20.8 Å². The number of aromatic nitrogens is 2. The number of rotatable bonds is 5. The second-order valence-electron chi connectivity index (χ2n) is 4.99. The first kappa shape index (κ1) is 16.0. The van der Waals surface area contributed by atoms with Gasteiger partial charge in [-0.1, -0.05) is 18.7 Å². The van der Waals surface area contributed by atoms with E-state index in [4.69, 9.17) is 4.74 Å². The summed E-state index contributed by atoms with van der Waals surface area (Å²) in [6, 6.07) is 1.87. The van der Waals surface area contributed by atoms with Crippen LogP contribution in [0, 0.1) is 0 Å². The molecule has 0 aliphatic rings. The largest absolute Gasteiger partial charge is 0.465 e. The van der Waals surface area contributed by atoms with Gasteiger partial charge >= 0.3 is 5.97 Å². The Kier molecular flexibility index (Phi) is 4.73. The van der Waals surface area contributed by atoms with Crippen molar-refractivity contribution < 1.29 is 9.53 Å². The van der Waals surface area contributed by atoms with Gasteiger partial charge < -0.3 is 9.72 Å². The molecule has 2 heterocycles. The number of hydrogen-bond acceptors (Lipinski definition) is 6. The van der Waals surface area contributed by atoms with Gasteiger partial charge in [0.05, 0.1) is 12.0 Å². The van der Waals surface area contributed by atoms with E-state index in [-0.39, 0.29) is 11.5 Å². The number of nitrogens with one attached hydrogen (secondary N) is 1. The van der Waals surface area contributed by atoms with Crippen LogP contribution >= 0.6 is 23.1 Å². The smallest absolute Gasteiger partial charge is 0.322 e. The van der Waals surface area contributed by atoms with Crippen LogP contribution in [0.2, 0.25) is 0 Å². The summed E-state index contributed by atoms with van der Waals surface area (Å²) in [5.41, 5.74) is -0.168. The SMILES string of the molecule is CCOC(=O)C(C)(C)Sc1nc2sc(CC)cc2c(=O)[nH]1. The van der Waals surface area contributed by atoms with Crippen LogP contribution < -0.4 is 5.56 Å². The first-order valence-corrected chi connectivity index (χ1v) is 8.39. The highest BCUT2D eigenvalue weighted by molar-refractivity contribution is 8.01. The molecule has 0 radical (unpaired) electrons. The van der Waals surface area contributed by atoms with E-state index < -0.39 is 4.75 Å². The fourth-order valence-electron chi connectivity index (χ4n) is 1.77. The summed E-state index contributed by atoms with van der Waals surface area (Å²) < 4.78 is 4.24. The zero-order valence-electron chi connectivity index (χ0n) is 12.5. The number of aromatic amines is 1. The van der Waals surface area contributed by atoms with E-state index in [9.17, 15) is 9.59 Å². The molecule has 21 heavy (non-hydrogen) atoms. The van der Waals surface area contributed by atoms with Gasteiger partial charge in [-0.15, -0.1) is 11.3 Å². The van der Waals surface area contributed by atoms with E-state index in [1.165, 1.54) is 23.1 Å². The van der Waals surface area contributed by atoms with Gasteiger partial charge in [-0.2, -0.15) is 0 Å². The summed E-state index contributed by atoms with van der Waals surface area (Å²) in [5, 5.41) is 1.05. The van der Waals surface area contributed by atoms with Gasteiger partial charge in [0.1, 0.15) is 9.58 Å². The molecule has 2 aromatic rings. The van der Waals surface area contributed by atoms with E-state index in [1.807, 2.05) is 13.0 Å². The zero-order chi connectivity index (χ0) is 15.6. The Morgan fingerprint density at radius 2 is 2.19 bits per heavy atom. The second-order valence-corrected chi connectivity index (χ2v) is 7.72. The molecule has 0 fully saturated rings. The first-order chi connectivity index (χ1) is 9.87. The van der Waals surface area contributed by atoms with Crippen LogP contribution in [0.5, 0.6) is 0 Å². The van der Waals surface area contributed by atoms with Gasteiger partial charge in [0.2, 0.25) is 0 Å². The third-order valence-corrected chi connectivity index (χ3v) is 5.14. The average Bonchev–Trinajstić information content (AvgIpc) is 2.82. The number of thiophene rings is 1. The van der Waals surface area contributed by atoms with Crippen molar-refractivity contribution in [1.82, 2.24) is 9.97 Å². The van der Waals surface area contributed by atoms with Crippen LogP contribution in [0.3, 0.4) is 0 Å². The van der Waals surface area contributed by atoms with Gasteiger partial charge in [-0.25, -0.2) is 4.98 Å². The summed E-state index contributed by atoms with van der Waals surface area (Å²) in [7, 11) is 0. The molecule has 0 saturated carbocycles. The van der Waals surface area contributed by atoms with Crippen LogP contribution in [0.25, 0.3) is 10.2 Å². The molecule has 0 aliphatic heterocycles. The minimum absolute atomic E-state index is 0.168. The van der Waals surface area contributed by atoms with Crippen LogP contribution in [0.15, 0.2) is 16.0 Å². The molecule has 0 atom stereocenters. The lowest BCUT2D eigenvalue weighted by Crippen LogP contribution is -2.30. The average molecular weight is 326 g/mol. The van der Waals surface area contributed by atoms with E-state index >= 15 is 0 Å². The highest BCUT2D eigenvalue weighted by atomic mass is 32.2. The number of carbonyl (C=O) groups excluding carboxylic acids is 1. The molecule has 0 unspecified atom stereocenters. The topological polar surface area (TPSA) is 72.0 Å². The molecule has 0 saturated heterocycles. The van der Waals surface area contributed by atoms with Gasteiger partial charge in [0.15, 0.2) is 5.16 Å². The Hall–Kier alpha value is -1.34. The van der Waals surface area contributed by atoms with Crippen molar-refractivity contribution in [1.29, 1.82) is 0 Å². The van der Waals surface area contributed by atoms with Crippen molar-refractivity contribution in [2.24, 2.45) is 0 Å². The Labute approximate surface area is 131 Å². The summed E-state index contributed by atoms with van der Waals surface area (Å²) in [4.78, 5) is 33.0. The Morgan fingerprint density at radius 1 is 1.48 bits per heavy atom. The van der Waals surface area contributed by atoms with Crippen molar-refractivity contribution in [3.05, 3.63) is 21.3 Å². The van der Waals surface area contributed by atoms with E-state index in [0.29, 0.717) is 22.0 Å². The molecule has 2 aromatic heterocycles. The molecule has 1 N–H and O–H groups in total. The highest BCUT2D eigenvalue weighted by Gasteiger charge is 2.31. The number of thioether (sulfide) groups is 1. The number of aryl methyl sites for hydroxylation is 1. The molecule has 0 aliphatic carbocycles. The maximum absolute atomic E-state index is 12.1. The molecule has 0 aromatic carbocycles. The van der Waals surface area contributed by atoms with Crippen molar-refractivity contribution in [2.45, 2.75) is 44.0 Å². The number of esters is 1. The Balaban J connectivity index is 2.34. The fourth-order valence-corrected chi connectivity index (χ4v) is 3.70. The van der Waals surface area contributed by atoms with Crippen LogP contribution in [-0.2, 0) is 16.0 Å². The van der Waals surface area contributed by atoms with E-state index in [0.717, 1.165) is 11.3 Å². The minimum atomic E-state index is -0.801. The van der Waals surface area contributed by atoms with Crippen molar-refractivity contribution >= 4 is 39.3 Å². The van der Waals surface area contributed by atoms with Crippen molar-refractivity contribution in [3.8, 4) is 0 Å². The lowest BCUT2D eigenvalue weighted by molar-refractivity contribution is -0.145. The molecule has 0 spiro atoms. The number of nitrogens with zero attached hydrogens (tertiary/aromatic N) is 1. The quantitative estimate of drug-likeness (QED) is 0.519. The summed E-state index contributed by atoms with van der Waals surface area (Å²) in [5.74, 6) is -0.321. The maximum atomic E-state index is 12.1. The minimum Gasteiger partial charge on any atom is -0.465 e. The standard InChI is InChI=1S/C14H18N2O3S2/c1-5-8-7-9-10(17)15-13(16-11(9)20-8)21-14(3,4)12(18)19-6-2/h7H,5-6H2,1-4H3,(H,15,16,17). The molecule has 0 bridgehead atoms. The van der Waals surface area contributed by atoms with E-state index in [2.05, 4.69) is 9.97 Å². The molecule has 7 heteroatoms. The summed E-state index contributed by atoms with van der Waals surface area (Å²) in [6.45, 7) is 7.65. The maximum Gasteiger partial charge on any atom is 0.322 e. The van der Waals surface area contributed by atoms with Gasteiger partial charge in [-0.05, 0) is 33.3 Å². The number of carbonyl (C=O) groups is 1. The van der Waals surface area contributed by atoms with Gasteiger partial charge in [0, 0.05) is 4.88 Å². The summed E-state index contributed by atoms with van der Waals surface area (Å²) >= 11 is 2.71. The Bertz CT molecular complexity index is 719. The lowest BCUT2D eigenvalue weighted by atomic mass is 10.2. The monoisotopic (exact) mass is 326 g/mol. The number of fused-ring (bicyclic) bond motifs is 1. The Morgan fingerprint density at radius 3 is 2.81 bits per heavy atom. The van der Waals surface area contributed by atoms with Crippen LogP contribution in [0.1, 0.15) is 32.6 Å². The van der Waals surface area contributed by atoms with Gasteiger partial charge in [-0.3, -0.25) is 9.59 Å². The number of ether oxygens (including phenoxy) is 1. The molecule has 0 amide bonds. The summed E-state index contributed by atoms with van der Waals surface area (Å²) in [6.07, 6.45) is 0.872. The molecule has 2 rings (SSSR count). The predicted molar refractivity (Wildman–Crippen MR) is 86.2 cm³/mol. The molecular weight excluding hydrogens is 308 g/mol. The van der Waals surface area contributed by atoms with Gasteiger partial charge in [0.25, 0.3) is 5.56 Å². The number of hydrogen-bond donors (Lipinski definition) is 1. The first-order valence-electron chi connectivity index (χ1n) is 6.76. The molecular formula is C14H18N2O3S2. The predicted octanol–water partition coefficient (Wildman–Crippen LogP) is 2.98. The number of H-pyrrole nitrogens is 1. The fraction of sp³-hybridized carbons (Fsp3) is 0.500. The zero-order valence-corrected chi connectivity index (χ0v) is 14.1. The lowest BCUT2D eigenvalue weighted by Gasteiger charge is -2.20. The normalized spacial score (nSPS) is 11.8. The van der Waals surface area contributed by atoms with Crippen LogP contribution in [-0.4, -0.2) is 27.3 Å².